The summed E-state index contributed by atoms with van der Waals surface area (Å²) in [6, 6.07) is 4.40. The van der Waals surface area contributed by atoms with Crippen LogP contribution in [-0.4, -0.2) is 26.0 Å². The number of rotatable bonds is 1. The predicted molar refractivity (Wildman–Crippen MR) is 78.8 cm³/mol. The highest BCUT2D eigenvalue weighted by Gasteiger charge is 2.35. The van der Waals surface area contributed by atoms with Crippen LogP contribution in [0.4, 0.5) is 5.69 Å². The van der Waals surface area contributed by atoms with Crippen molar-refractivity contribution in [2.45, 2.75) is 20.8 Å². The van der Waals surface area contributed by atoms with E-state index in [1.54, 1.807) is 6.07 Å². The second-order valence-corrected chi connectivity index (χ2v) is 7.34. The molecule has 0 atom stereocenters. The number of aromatic hydroxyl groups is 1. The number of nitrogens with zero attached hydrogens (tertiary/aromatic N) is 1. The van der Waals surface area contributed by atoms with Crippen molar-refractivity contribution in [1.82, 2.24) is 4.72 Å². The fraction of sp³-hybridized carbons (Fsp3) is 0.357. The third-order valence-corrected chi connectivity index (χ3v) is 4.04. The van der Waals surface area contributed by atoms with Crippen LogP contribution in [0.3, 0.4) is 0 Å². The summed E-state index contributed by atoms with van der Waals surface area (Å²) in [4.78, 5) is 11.3. The summed E-state index contributed by atoms with van der Waals surface area (Å²) >= 11 is 0. The van der Waals surface area contributed by atoms with E-state index in [1.807, 2.05) is 25.5 Å². The Kier molecular flexibility index (Phi) is 3.59. The van der Waals surface area contributed by atoms with Crippen LogP contribution in [0.25, 0.3) is 0 Å². The van der Waals surface area contributed by atoms with E-state index in [9.17, 15) is 18.3 Å². The Balaban J connectivity index is 2.45. The minimum absolute atomic E-state index is 0.0362. The molecule has 21 heavy (non-hydrogen) atoms. The molecule has 1 aromatic rings. The molecule has 1 aromatic carbocycles. The molecule has 7 heteroatoms. The number of nitrogens with one attached hydrogen (secondary N) is 1. The average Bonchev–Trinajstić information content (AvgIpc) is 2.60. The van der Waals surface area contributed by atoms with Crippen molar-refractivity contribution in [2.24, 2.45) is 5.41 Å². The number of anilines is 1. The number of carbonyl (C=O) groups is 1. The van der Waals surface area contributed by atoms with Crippen LogP contribution < -0.4 is 9.03 Å². The van der Waals surface area contributed by atoms with Crippen LogP contribution in [0.5, 0.6) is 5.75 Å². The Morgan fingerprint density at radius 3 is 2.52 bits per heavy atom. The van der Waals surface area contributed by atoms with E-state index in [4.69, 9.17) is 0 Å². The minimum Gasteiger partial charge on any atom is -0.506 e. The van der Waals surface area contributed by atoms with Crippen molar-refractivity contribution in [3.63, 3.8) is 0 Å². The summed E-state index contributed by atoms with van der Waals surface area (Å²) in [5, 5.41) is 9.85. The molecule has 112 valence electrons. The first-order valence-corrected chi connectivity index (χ1v) is 7.72. The van der Waals surface area contributed by atoms with Crippen LogP contribution in [0.2, 0.25) is 0 Å². The zero-order chi connectivity index (χ0) is 15.8. The lowest BCUT2D eigenvalue weighted by atomic mass is 9.97. The Morgan fingerprint density at radius 1 is 1.33 bits per heavy atom. The van der Waals surface area contributed by atoms with Crippen LogP contribution in [0.1, 0.15) is 26.3 Å². The maximum absolute atomic E-state index is 11.8. The van der Waals surface area contributed by atoms with Gasteiger partial charge in [-0.1, -0.05) is 11.8 Å². The molecular formula is C14H16N2O4S. The third-order valence-electron chi connectivity index (χ3n) is 2.65. The molecule has 2 N–H and O–H groups in total. The van der Waals surface area contributed by atoms with E-state index < -0.39 is 16.1 Å². The molecule has 1 amide bonds. The van der Waals surface area contributed by atoms with Crippen molar-refractivity contribution >= 4 is 21.8 Å². The van der Waals surface area contributed by atoms with Crippen molar-refractivity contribution in [3.05, 3.63) is 23.8 Å². The number of phenols is 1. The monoisotopic (exact) mass is 308 g/mol. The molecule has 0 aliphatic carbocycles. The highest BCUT2D eigenvalue weighted by molar-refractivity contribution is 7.92. The molecule has 2 rings (SSSR count). The van der Waals surface area contributed by atoms with Crippen LogP contribution in [0.15, 0.2) is 18.2 Å². The van der Waals surface area contributed by atoms with Crippen molar-refractivity contribution < 1.29 is 18.3 Å². The molecule has 1 saturated heterocycles. The molecule has 0 radical (unpaired) electrons. The maximum atomic E-state index is 11.8. The first-order valence-electron chi connectivity index (χ1n) is 6.28. The van der Waals surface area contributed by atoms with Gasteiger partial charge in [-0.05, 0) is 39.0 Å². The summed E-state index contributed by atoms with van der Waals surface area (Å²) in [5.41, 5.74) is 0.399. The molecule has 0 unspecified atom stereocenters. The van der Waals surface area contributed by atoms with Gasteiger partial charge < -0.3 is 5.11 Å². The van der Waals surface area contributed by atoms with Gasteiger partial charge in [0.1, 0.15) is 12.3 Å². The van der Waals surface area contributed by atoms with Gasteiger partial charge in [0.05, 0.1) is 5.69 Å². The Bertz CT molecular complexity index is 751. The van der Waals surface area contributed by atoms with Gasteiger partial charge in [-0.15, -0.1) is 0 Å². The van der Waals surface area contributed by atoms with Gasteiger partial charge in [0.15, 0.2) is 0 Å². The van der Waals surface area contributed by atoms with Gasteiger partial charge in [0, 0.05) is 11.0 Å². The molecule has 1 aliphatic rings. The predicted octanol–water partition coefficient (Wildman–Crippen LogP) is 0.971. The number of hydrogen-bond acceptors (Lipinski definition) is 4. The lowest BCUT2D eigenvalue weighted by Crippen LogP contribution is -2.29. The molecule has 0 aromatic heterocycles. The topological polar surface area (TPSA) is 86.7 Å². The molecular weight excluding hydrogens is 292 g/mol. The average molecular weight is 308 g/mol. The first-order chi connectivity index (χ1) is 9.58. The normalized spacial score (nSPS) is 17.1. The third kappa shape index (κ3) is 3.47. The Labute approximate surface area is 124 Å². The van der Waals surface area contributed by atoms with E-state index in [2.05, 4.69) is 11.8 Å². The van der Waals surface area contributed by atoms with Crippen molar-refractivity contribution in [2.75, 3.05) is 10.8 Å². The second-order valence-electron chi connectivity index (χ2n) is 5.74. The number of benzene rings is 1. The summed E-state index contributed by atoms with van der Waals surface area (Å²) in [5.74, 6) is 5.09. The lowest BCUT2D eigenvalue weighted by molar-refractivity contribution is -0.117. The molecule has 1 heterocycles. The maximum Gasteiger partial charge on any atom is 0.326 e. The Hall–Kier alpha value is -2.20. The van der Waals surface area contributed by atoms with Crippen molar-refractivity contribution in [1.29, 1.82) is 0 Å². The number of amides is 1. The van der Waals surface area contributed by atoms with E-state index in [0.717, 1.165) is 4.31 Å². The lowest BCUT2D eigenvalue weighted by Gasteiger charge is -2.16. The molecule has 0 saturated carbocycles. The molecule has 1 aliphatic heterocycles. The molecule has 0 spiro atoms. The van der Waals surface area contributed by atoms with E-state index in [1.165, 1.54) is 12.1 Å². The molecule has 1 fully saturated rings. The van der Waals surface area contributed by atoms with Crippen molar-refractivity contribution in [3.8, 4) is 17.6 Å². The fourth-order valence-corrected chi connectivity index (χ4v) is 2.88. The molecule has 6 nitrogen and oxygen atoms in total. The SMILES string of the molecule is CC(C)(C)C#Cc1ccc(O)c(N2CC(=O)NS2(=O)=O)c1. The van der Waals surface area contributed by atoms with E-state index in [0.29, 0.717) is 5.56 Å². The smallest absolute Gasteiger partial charge is 0.326 e. The highest BCUT2D eigenvalue weighted by atomic mass is 32.2. The standard InChI is InChI=1S/C14H16N2O4S/c1-14(2,3)7-6-10-4-5-12(17)11(8-10)16-9-13(18)15-21(16,19)20/h4-5,8,17H,9H2,1-3H3,(H,15,18). The summed E-state index contributed by atoms with van der Waals surface area (Å²) in [6.07, 6.45) is 0. The highest BCUT2D eigenvalue weighted by Crippen LogP contribution is 2.31. The summed E-state index contributed by atoms with van der Waals surface area (Å²) < 4.78 is 26.3. The van der Waals surface area contributed by atoms with Crippen LogP contribution in [-0.2, 0) is 15.0 Å². The number of phenolic OH excluding ortho intramolecular Hbond substituents is 1. The minimum atomic E-state index is -3.95. The van der Waals surface area contributed by atoms with Crippen LogP contribution in [0, 0.1) is 17.3 Å². The summed E-state index contributed by atoms with van der Waals surface area (Å²) in [7, 11) is -3.95. The van der Waals surface area contributed by atoms with Gasteiger partial charge >= 0.3 is 10.2 Å². The van der Waals surface area contributed by atoms with Gasteiger partial charge in [-0.3, -0.25) is 4.79 Å². The Morgan fingerprint density at radius 2 is 2.00 bits per heavy atom. The first kappa shape index (κ1) is 15.2. The quantitative estimate of drug-likeness (QED) is 0.757. The zero-order valence-corrected chi connectivity index (χ0v) is 12.8. The van der Waals surface area contributed by atoms with Crippen LogP contribution >= 0.6 is 0 Å². The number of hydrogen-bond donors (Lipinski definition) is 2. The fourth-order valence-electron chi connectivity index (χ4n) is 1.72. The molecule has 0 bridgehead atoms. The van der Waals surface area contributed by atoms with Gasteiger partial charge in [-0.25, -0.2) is 9.03 Å². The second kappa shape index (κ2) is 4.97. The summed E-state index contributed by atoms with van der Waals surface area (Å²) in [6.45, 7) is 5.50. The van der Waals surface area contributed by atoms with Gasteiger partial charge in [0.25, 0.3) is 5.91 Å². The largest absolute Gasteiger partial charge is 0.506 e. The van der Waals surface area contributed by atoms with E-state index in [-0.39, 0.29) is 23.4 Å². The van der Waals surface area contributed by atoms with Gasteiger partial charge in [-0.2, -0.15) is 8.42 Å². The zero-order valence-electron chi connectivity index (χ0n) is 12.0. The number of carbonyl (C=O) groups excluding carboxylic acids is 1. The van der Waals surface area contributed by atoms with E-state index >= 15 is 0 Å². The van der Waals surface area contributed by atoms with Gasteiger partial charge in [0.2, 0.25) is 0 Å².